The van der Waals surface area contributed by atoms with Gasteiger partial charge < -0.3 is 15.4 Å². The molecular formula is C13H13N5O4. The second-order valence-corrected chi connectivity index (χ2v) is 4.26. The van der Waals surface area contributed by atoms with Crippen molar-refractivity contribution in [2.24, 2.45) is 0 Å². The highest BCUT2D eigenvalue weighted by atomic mass is 16.6. The summed E-state index contributed by atoms with van der Waals surface area (Å²) in [5, 5.41) is 11.2. The molecule has 0 amide bonds. The number of aromatic nitrogens is 2. The number of carbonyl (C=O) groups excluding carboxylic acids is 1. The summed E-state index contributed by atoms with van der Waals surface area (Å²) < 4.78 is 4.71. The number of nitrogen functional groups attached to an aromatic ring is 1. The highest BCUT2D eigenvalue weighted by molar-refractivity contribution is 5.97. The van der Waals surface area contributed by atoms with E-state index >= 15 is 0 Å². The molecule has 22 heavy (non-hydrogen) atoms. The molecule has 1 aromatic heterocycles. The van der Waals surface area contributed by atoms with Crippen LogP contribution in [0, 0.1) is 10.1 Å². The molecule has 1 heterocycles. The molecule has 9 heteroatoms. The molecule has 9 nitrogen and oxygen atoms in total. The summed E-state index contributed by atoms with van der Waals surface area (Å²) in [6.45, 7) is 0. The topological polar surface area (TPSA) is 124 Å². The molecule has 2 aromatic rings. The minimum Gasteiger partial charge on any atom is -0.465 e. The van der Waals surface area contributed by atoms with E-state index < -0.39 is 16.6 Å². The summed E-state index contributed by atoms with van der Waals surface area (Å²) in [6, 6.07) is 6.52. The van der Waals surface area contributed by atoms with Gasteiger partial charge in [-0.1, -0.05) is 12.1 Å². The van der Waals surface area contributed by atoms with Crippen LogP contribution >= 0.6 is 0 Å². The van der Waals surface area contributed by atoms with Crippen molar-refractivity contribution in [3.05, 3.63) is 46.3 Å². The number of para-hydroxylation sites is 1. The third kappa shape index (κ3) is 2.64. The van der Waals surface area contributed by atoms with E-state index in [0.29, 0.717) is 5.69 Å². The summed E-state index contributed by atoms with van der Waals surface area (Å²) in [5.41, 5.74) is 5.77. The van der Waals surface area contributed by atoms with E-state index in [2.05, 4.69) is 9.97 Å². The van der Waals surface area contributed by atoms with Crippen LogP contribution in [0.2, 0.25) is 0 Å². The molecule has 114 valence electrons. The molecule has 0 bridgehead atoms. The highest BCUT2D eigenvalue weighted by Gasteiger charge is 2.26. The number of benzene rings is 1. The molecule has 0 radical (unpaired) electrons. The predicted octanol–water partition coefficient (Wildman–Crippen LogP) is 1.52. The molecule has 0 spiro atoms. The fraction of sp³-hybridized carbons (Fsp3) is 0.154. The Bertz CT molecular complexity index is 734. The highest BCUT2D eigenvalue weighted by Crippen LogP contribution is 2.34. The minimum absolute atomic E-state index is 0.0196. The van der Waals surface area contributed by atoms with Crippen molar-refractivity contribution in [2.75, 3.05) is 24.8 Å². The summed E-state index contributed by atoms with van der Waals surface area (Å²) in [4.78, 5) is 31.2. The Morgan fingerprint density at radius 2 is 2.05 bits per heavy atom. The molecule has 2 rings (SSSR count). The average molecular weight is 303 g/mol. The Balaban J connectivity index is 2.59. The SMILES string of the molecule is COC(=O)c1ccccc1N(C)c1ncnc(N)c1[N+](=O)[O-]. The average Bonchev–Trinajstić information content (AvgIpc) is 2.52. The number of nitrogens with two attached hydrogens (primary N) is 1. The zero-order valence-electron chi connectivity index (χ0n) is 11.9. The van der Waals surface area contributed by atoms with Gasteiger partial charge in [0.05, 0.1) is 23.3 Å². The third-order valence-electron chi connectivity index (χ3n) is 3.00. The number of nitro groups is 1. The zero-order valence-corrected chi connectivity index (χ0v) is 11.9. The maximum atomic E-state index is 11.8. The summed E-state index contributed by atoms with van der Waals surface area (Å²) in [6.07, 6.45) is 1.12. The molecule has 0 saturated heterocycles. The molecular weight excluding hydrogens is 290 g/mol. The smallest absolute Gasteiger partial charge is 0.353 e. The van der Waals surface area contributed by atoms with Crippen LogP contribution in [0.25, 0.3) is 0 Å². The minimum atomic E-state index is -0.665. The maximum Gasteiger partial charge on any atom is 0.353 e. The predicted molar refractivity (Wildman–Crippen MR) is 78.9 cm³/mol. The molecule has 2 N–H and O–H groups in total. The van der Waals surface area contributed by atoms with E-state index in [1.807, 2.05) is 0 Å². The van der Waals surface area contributed by atoms with Gasteiger partial charge in [-0.15, -0.1) is 0 Å². The lowest BCUT2D eigenvalue weighted by atomic mass is 10.1. The third-order valence-corrected chi connectivity index (χ3v) is 3.00. The van der Waals surface area contributed by atoms with E-state index in [9.17, 15) is 14.9 Å². The molecule has 0 aliphatic heterocycles. The van der Waals surface area contributed by atoms with Crippen molar-refractivity contribution in [2.45, 2.75) is 0 Å². The number of hydrogen-bond donors (Lipinski definition) is 1. The molecule has 1 aromatic carbocycles. The first-order chi connectivity index (χ1) is 10.5. The van der Waals surface area contributed by atoms with Crippen LogP contribution in [0.4, 0.5) is 23.0 Å². The largest absolute Gasteiger partial charge is 0.465 e. The first kappa shape index (κ1) is 15.2. The molecule has 0 unspecified atom stereocenters. The van der Waals surface area contributed by atoms with Crippen LogP contribution in [0.5, 0.6) is 0 Å². The molecule has 0 fully saturated rings. The lowest BCUT2D eigenvalue weighted by Crippen LogP contribution is -2.18. The number of hydrogen-bond acceptors (Lipinski definition) is 8. The first-order valence-corrected chi connectivity index (χ1v) is 6.13. The van der Waals surface area contributed by atoms with E-state index in [4.69, 9.17) is 10.5 Å². The van der Waals surface area contributed by atoms with Crippen molar-refractivity contribution < 1.29 is 14.5 Å². The number of carbonyl (C=O) groups is 1. The van der Waals surface area contributed by atoms with Crippen molar-refractivity contribution in [3.63, 3.8) is 0 Å². The molecule has 0 aliphatic rings. The van der Waals surface area contributed by atoms with Crippen molar-refractivity contribution in [1.82, 2.24) is 9.97 Å². The van der Waals surface area contributed by atoms with Crippen LogP contribution in [-0.2, 0) is 4.74 Å². The van der Waals surface area contributed by atoms with Crippen LogP contribution in [0.15, 0.2) is 30.6 Å². The Kier molecular flexibility index (Phi) is 4.16. The summed E-state index contributed by atoms with van der Waals surface area (Å²) in [5.74, 6) is -0.835. The van der Waals surface area contributed by atoms with E-state index in [1.54, 1.807) is 24.3 Å². The van der Waals surface area contributed by atoms with Gasteiger partial charge in [-0.3, -0.25) is 10.1 Å². The monoisotopic (exact) mass is 303 g/mol. The number of esters is 1. The van der Waals surface area contributed by atoms with Gasteiger partial charge in [0.25, 0.3) is 0 Å². The van der Waals surface area contributed by atoms with Gasteiger partial charge in [0.2, 0.25) is 11.6 Å². The second kappa shape index (κ2) is 6.04. The van der Waals surface area contributed by atoms with Gasteiger partial charge in [-0.2, -0.15) is 0 Å². The maximum absolute atomic E-state index is 11.8. The van der Waals surface area contributed by atoms with Crippen LogP contribution in [0.3, 0.4) is 0 Å². The standard InChI is InChI=1S/C13H13N5O4/c1-17(9-6-4-3-5-8(9)13(19)22-2)12-10(18(20)21)11(14)15-7-16-12/h3-7H,1-2H3,(H2,14,15,16). The number of ether oxygens (including phenoxy) is 1. The summed E-state index contributed by atoms with van der Waals surface area (Å²) in [7, 11) is 2.79. The Labute approximate surface area is 125 Å². The molecule has 0 aliphatic carbocycles. The first-order valence-electron chi connectivity index (χ1n) is 6.13. The van der Waals surface area contributed by atoms with Gasteiger partial charge >= 0.3 is 11.7 Å². The van der Waals surface area contributed by atoms with Gasteiger partial charge in [-0.05, 0) is 12.1 Å². The zero-order chi connectivity index (χ0) is 16.3. The van der Waals surface area contributed by atoms with Crippen molar-refractivity contribution >= 4 is 29.0 Å². The van der Waals surface area contributed by atoms with Gasteiger partial charge in [0, 0.05) is 7.05 Å². The van der Waals surface area contributed by atoms with E-state index in [1.165, 1.54) is 19.1 Å². The fourth-order valence-electron chi connectivity index (χ4n) is 1.97. The van der Waals surface area contributed by atoms with Crippen molar-refractivity contribution in [3.8, 4) is 0 Å². The van der Waals surface area contributed by atoms with Crippen LogP contribution < -0.4 is 10.6 Å². The Morgan fingerprint density at radius 1 is 1.36 bits per heavy atom. The van der Waals surface area contributed by atoms with E-state index in [0.717, 1.165) is 6.33 Å². The lowest BCUT2D eigenvalue weighted by molar-refractivity contribution is -0.383. The fourth-order valence-corrected chi connectivity index (χ4v) is 1.97. The Morgan fingerprint density at radius 3 is 2.68 bits per heavy atom. The van der Waals surface area contributed by atoms with Crippen LogP contribution in [0.1, 0.15) is 10.4 Å². The van der Waals surface area contributed by atoms with Gasteiger partial charge in [-0.25, -0.2) is 14.8 Å². The second-order valence-electron chi connectivity index (χ2n) is 4.26. The number of anilines is 3. The van der Waals surface area contributed by atoms with Gasteiger partial charge in [0.1, 0.15) is 6.33 Å². The molecule has 0 atom stereocenters. The van der Waals surface area contributed by atoms with E-state index in [-0.39, 0.29) is 17.2 Å². The van der Waals surface area contributed by atoms with Crippen molar-refractivity contribution in [1.29, 1.82) is 0 Å². The van der Waals surface area contributed by atoms with Gasteiger partial charge in [0.15, 0.2) is 0 Å². The number of rotatable bonds is 4. The number of methoxy groups -OCH3 is 1. The Hall–Kier alpha value is -3.23. The molecule has 0 saturated carbocycles. The summed E-state index contributed by atoms with van der Waals surface area (Å²) >= 11 is 0. The quantitative estimate of drug-likeness (QED) is 0.512. The van der Waals surface area contributed by atoms with Crippen LogP contribution in [-0.4, -0.2) is 35.0 Å². The number of nitrogens with zero attached hydrogens (tertiary/aromatic N) is 4. The lowest BCUT2D eigenvalue weighted by Gasteiger charge is -2.20. The normalized spacial score (nSPS) is 10.1.